The number of benzene rings is 1. The van der Waals surface area contributed by atoms with E-state index < -0.39 is 5.97 Å². The smallest absolute Gasteiger partial charge is 0.339 e. The van der Waals surface area contributed by atoms with Gasteiger partial charge in [0.1, 0.15) is 10.6 Å². The molecule has 0 saturated carbocycles. The average Bonchev–Trinajstić information content (AvgIpc) is 2.91. The van der Waals surface area contributed by atoms with Gasteiger partial charge < -0.3 is 10.4 Å². The maximum Gasteiger partial charge on any atom is 0.339 e. The highest BCUT2D eigenvalue weighted by molar-refractivity contribution is 7.15. The van der Waals surface area contributed by atoms with Crippen molar-refractivity contribution in [1.29, 1.82) is 0 Å². The largest absolute Gasteiger partial charge is 0.478 e. The van der Waals surface area contributed by atoms with Crippen molar-refractivity contribution in [2.45, 2.75) is 26.7 Å². The Morgan fingerprint density at radius 3 is 2.38 bits per heavy atom. The molecule has 2 rings (SSSR count). The molecular weight excluding hydrogens is 286 g/mol. The highest BCUT2D eigenvalue weighted by Gasteiger charge is 2.20. The van der Waals surface area contributed by atoms with Gasteiger partial charge in [-0.2, -0.15) is 0 Å². The van der Waals surface area contributed by atoms with Gasteiger partial charge in [0.05, 0.1) is 0 Å². The summed E-state index contributed by atoms with van der Waals surface area (Å²) in [6.07, 6.45) is 1.25. The van der Waals surface area contributed by atoms with Crippen molar-refractivity contribution in [3.8, 4) is 11.1 Å². The molecule has 0 saturated heterocycles. The van der Waals surface area contributed by atoms with E-state index in [2.05, 4.69) is 12.2 Å². The third kappa shape index (κ3) is 3.31. The van der Waals surface area contributed by atoms with E-state index in [4.69, 9.17) is 0 Å². The predicted octanol–water partition coefficient (Wildman–Crippen LogP) is 4.02. The van der Waals surface area contributed by atoms with Gasteiger partial charge >= 0.3 is 5.97 Å². The highest BCUT2D eigenvalue weighted by atomic mass is 32.1. The number of carboxylic acid groups (broad SMARTS) is 1. The number of amides is 1. The molecule has 1 aromatic heterocycles. The maximum absolute atomic E-state index is 11.5. The molecule has 5 heteroatoms. The van der Waals surface area contributed by atoms with Gasteiger partial charge in [-0.3, -0.25) is 4.79 Å². The first-order chi connectivity index (χ1) is 10.1. The molecule has 0 radical (unpaired) electrons. The molecule has 0 unspecified atom stereocenters. The zero-order valence-electron chi connectivity index (χ0n) is 12.0. The fraction of sp³-hybridized carbons (Fsp3) is 0.250. The minimum atomic E-state index is -1.03. The van der Waals surface area contributed by atoms with E-state index >= 15 is 0 Å². The second-order valence-corrected chi connectivity index (χ2v) is 5.49. The number of carbonyl (C=O) groups is 2. The van der Waals surface area contributed by atoms with E-state index in [0.29, 0.717) is 17.0 Å². The topological polar surface area (TPSA) is 66.4 Å². The summed E-state index contributed by atoms with van der Waals surface area (Å²) in [7, 11) is 0. The lowest BCUT2D eigenvalue weighted by Crippen LogP contribution is -2.11. The Kier molecular flexibility index (Phi) is 4.75. The number of aromatic carboxylic acids is 1. The third-order valence-corrected chi connectivity index (χ3v) is 4.15. The van der Waals surface area contributed by atoms with Crippen molar-refractivity contribution in [2.75, 3.05) is 5.32 Å². The Bertz CT molecular complexity index is 659. The molecule has 1 amide bonds. The van der Waals surface area contributed by atoms with Gasteiger partial charge in [0.2, 0.25) is 5.91 Å². The van der Waals surface area contributed by atoms with Crippen LogP contribution < -0.4 is 5.32 Å². The maximum atomic E-state index is 11.5. The van der Waals surface area contributed by atoms with E-state index in [0.717, 1.165) is 12.0 Å². The molecule has 0 aliphatic heterocycles. The van der Waals surface area contributed by atoms with Gasteiger partial charge in [-0.25, -0.2) is 4.79 Å². The summed E-state index contributed by atoms with van der Waals surface area (Å²) in [5.41, 5.74) is 2.84. The SMILES string of the molecule is CCC(=O)Nc1scc(-c2ccc(CC)cc2)c1C(=O)O. The highest BCUT2D eigenvalue weighted by Crippen LogP contribution is 2.35. The van der Waals surface area contributed by atoms with Crippen LogP contribution in [0.2, 0.25) is 0 Å². The first kappa shape index (κ1) is 15.3. The predicted molar refractivity (Wildman–Crippen MR) is 85.0 cm³/mol. The van der Waals surface area contributed by atoms with Crippen molar-refractivity contribution in [3.63, 3.8) is 0 Å². The van der Waals surface area contributed by atoms with Gasteiger partial charge in [0.15, 0.2) is 0 Å². The molecule has 0 spiro atoms. The fourth-order valence-electron chi connectivity index (χ4n) is 2.01. The molecule has 0 bridgehead atoms. The second-order valence-electron chi connectivity index (χ2n) is 4.61. The summed E-state index contributed by atoms with van der Waals surface area (Å²) < 4.78 is 0. The van der Waals surface area contributed by atoms with E-state index in [1.807, 2.05) is 24.3 Å². The van der Waals surface area contributed by atoms with E-state index in [1.165, 1.54) is 16.9 Å². The molecule has 0 atom stereocenters. The first-order valence-electron chi connectivity index (χ1n) is 6.80. The van der Waals surface area contributed by atoms with Crippen LogP contribution in [0.4, 0.5) is 5.00 Å². The zero-order valence-corrected chi connectivity index (χ0v) is 12.8. The van der Waals surface area contributed by atoms with Crippen molar-refractivity contribution in [1.82, 2.24) is 0 Å². The Labute approximate surface area is 127 Å². The Hall–Kier alpha value is -2.14. The average molecular weight is 303 g/mol. The molecule has 4 nitrogen and oxygen atoms in total. The van der Waals surface area contributed by atoms with Crippen LogP contribution >= 0.6 is 11.3 Å². The number of carboxylic acids is 1. The fourth-order valence-corrected chi connectivity index (χ4v) is 2.99. The molecule has 110 valence electrons. The lowest BCUT2D eigenvalue weighted by atomic mass is 10.0. The number of aryl methyl sites for hydroxylation is 1. The molecular formula is C16H17NO3S. The molecule has 2 N–H and O–H groups in total. The summed E-state index contributed by atoms with van der Waals surface area (Å²) in [6.45, 7) is 3.80. The number of rotatable bonds is 5. The minimum absolute atomic E-state index is 0.158. The molecule has 0 aliphatic rings. The van der Waals surface area contributed by atoms with Gasteiger partial charge in [-0.1, -0.05) is 38.1 Å². The molecule has 2 aromatic rings. The lowest BCUT2D eigenvalue weighted by molar-refractivity contribution is -0.115. The van der Waals surface area contributed by atoms with Crippen molar-refractivity contribution in [2.24, 2.45) is 0 Å². The van der Waals surface area contributed by atoms with Crippen LogP contribution in [-0.4, -0.2) is 17.0 Å². The van der Waals surface area contributed by atoms with Crippen LogP contribution in [0.5, 0.6) is 0 Å². The molecule has 1 aromatic carbocycles. The number of nitrogens with one attached hydrogen (secondary N) is 1. The van der Waals surface area contributed by atoms with Crippen LogP contribution in [0.3, 0.4) is 0 Å². The van der Waals surface area contributed by atoms with Crippen LogP contribution in [0.1, 0.15) is 36.2 Å². The number of carbonyl (C=O) groups excluding carboxylic acids is 1. The first-order valence-corrected chi connectivity index (χ1v) is 7.68. The van der Waals surface area contributed by atoms with E-state index in [1.54, 1.807) is 12.3 Å². The van der Waals surface area contributed by atoms with Crippen molar-refractivity contribution in [3.05, 3.63) is 40.8 Å². The number of thiophene rings is 1. The summed E-state index contributed by atoms with van der Waals surface area (Å²) in [6, 6.07) is 7.81. The number of hydrogen-bond acceptors (Lipinski definition) is 3. The Morgan fingerprint density at radius 2 is 1.86 bits per heavy atom. The number of anilines is 1. The standard InChI is InChI=1S/C16H17NO3S/c1-3-10-5-7-11(8-6-10)12-9-21-15(14(12)16(19)20)17-13(18)4-2/h5-9H,3-4H2,1-2H3,(H,17,18)(H,19,20). The normalized spacial score (nSPS) is 10.4. The second kappa shape index (κ2) is 6.54. The summed E-state index contributed by atoms with van der Waals surface area (Å²) in [5.74, 6) is -1.22. The van der Waals surface area contributed by atoms with E-state index in [-0.39, 0.29) is 11.5 Å². The molecule has 0 fully saturated rings. The van der Waals surface area contributed by atoms with Crippen LogP contribution in [0, 0.1) is 0 Å². The van der Waals surface area contributed by atoms with Crippen molar-refractivity contribution >= 4 is 28.2 Å². The quantitative estimate of drug-likeness (QED) is 0.876. The minimum Gasteiger partial charge on any atom is -0.478 e. The summed E-state index contributed by atoms with van der Waals surface area (Å²) >= 11 is 1.24. The van der Waals surface area contributed by atoms with Crippen LogP contribution in [0.15, 0.2) is 29.6 Å². The van der Waals surface area contributed by atoms with Gasteiger partial charge in [-0.05, 0) is 17.5 Å². The summed E-state index contributed by atoms with van der Waals surface area (Å²) in [4.78, 5) is 23.0. The zero-order chi connectivity index (χ0) is 15.4. The summed E-state index contributed by atoms with van der Waals surface area (Å²) in [5, 5.41) is 14.3. The third-order valence-electron chi connectivity index (χ3n) is 3.25. The van der Waals surface area contributed by atoms with Gasteiger partial charge in [0.25, 0.3) is 0 Å². The van der Waals surface area contributed by atoms with Crippen LogP contribution in [0.25, 0.3) is 11.1 Å². The molecule has 0 aliphatic carbocycles. The number of hydrogen-bond donors (Lipinski definition) is 2. The van der Waals surface area contributed by atoms with Crippen LogP contribution in [-0.2, 0) is 11.2 Å². The lowest BCUT2D eigenvalue weighted by Gasteiger charge is -2.05. The van der Waals surface area contributed by atoms with Gasteiger partial charge in [-0.15, -0.1) is 11.3 Å². The Morgan fingerprint density at radius 1 is 1.19 bits per heavy atom. The monoisotopic (exact) mass is 303 g/mol. The van der Waals surface area contributed by atoms with Crippen molar-refractivity contribution < 1.29 is 14.7 Å². The molecule has 21 heavy (non-hydrogen) atoms. The van der Waals surface area contributed by atoms with Gasteiger partial charge in [0, 0.05) is 17.4 Å². The van der Waals surface area contributed by atoms with E-state index in [9.17, 15) is 14.7 Å². The Balaban J connectivity index is 2.43. The molecule has 1 heterocycles.